The van der Waals surface area contributed by atoms with E-state index in [9.17, 15) is 33.9 Å². The molecule has 15 heteroatoms. The molecule has 0 aliphatic heterocycles. The molecule has 444 valence electrons. The van der Waals surface area contributed by atoms with Crippen molar-refractivity contribution in [2.45, 2.75) is 295 Å². The van der Waals surface area contributed by atoms with Gasteiger partial charge in [-0.05, 0) is 25.7 Å². The first-order valence-electron chi connectivity index (χ1n) is 30.3. The number of hydrogen-bond acceptors (Lipinski definition) is 11. The summed E-state index contributed by atoms with van der Waals surface area (Å²) in [6, 6.07) is -2.23. The number of nitrogens with two attached hydrogens (primary N) is 2. The number of primary amides is 1. The van der Waals surface area contributed by atoms with Crippen LogP contribution in [0.5, 0.6) is 0 Å². The van der Waals surface area contributed by atoms with Crippen molar-refractivity contribution >= 4 is 47.3 Å². The normalized spacial score (nSPS) is 12.2. The molecular formula is C59H123N5O9S. The second-order valence-electron chi connectivity index (χ2n) is 17.9. The minimum atomic E-state index is -1.20. The average molecular weight is 1080 g/mol. The van der Waals surface area contributed by atoms with Crippen LogP contribution < -0.4 is 27.4 Å². The maximum absolute atomic E-state index is 13.2. The second-order valence-corrected chi connectivity index (χ2v) is 18.9. The standard InChI is InChI=1S/C49H93N5O9S.5C2H6/c1-5-7-9-11-13-15-17-19-21-23-26-30-39(3)48(60)62-36-41(63-49(61)40(4)31-27-24-22-20-18-16-14-12-10-8-6-2)37-64-38-42(50)46(58)54-43(35-55)47(59)52-33-29-25-28-32-45(57)53-34-44(51)56;5*1-2/h39-43,55H,5-38,50H2,1-4H3,(H2,51,56)(H,52,59)(H,53,57)(H,54,58);5*1-2H3. The van der Waals surface area contributed by atoms with Crippen LogP contribution in [0.3, 0.4) is 0 Å². The van der Waals surface area contributed by atoms with Crippen LogP contribution in [0, 0.1) is 11.8 Å². The minimum Gasteiger partial charge on any atom is -0.461 e. The van der Waals surface area contributed by atoms with Crippen molar-refractivity contribution in [3.8, 4) is 0 Å². The maximum Gasteiger partial charge on any atom is 0.309 e. The Kier molecular flexibility index (Phi) is 75.9. The molecule has 5 atom stereocenters. The molecule has 0 aromatic carbocycles. The molecule has 5 unspecified atom stereocenters. The Bertz CT molecular complexity index is 1230. The topological polar surface area (TPSA) is 229 Å². The van der Waals surface area contributed by atoms with Gasteiger partial charge in [0.2, 0.25) is 23.6 Å². The third kappa shape index (κ3) is 58.4. The monoisotopic (exact) mass is 1080 g/mol. The summed E-state index contributed by atoms with van der Waals surface area (Å²) in [6.07, 6.45) is 29.8. The number of amides is 4. The maximum atomic E-state index is 13.2. The SMILES string of the molecule is CC.CC.CC.CC.CC.CCCCCCCCCCCCCC(C)C(=O)OCC(CSCC(N)C(=O)NC(CO)C(=O)NCCCCCC(=O)NCC(N)=O)OC(=O)C(C)CCCCCCCCCCCCC. The first-order chi connectivity index (χ1) is 35.9. The van der Waals surface area contributed by atoms with E-state index in [2.05, 4.69) is 29.8 Å². The summed E-state index contributed by atoms with van der Waals surface area (Å²) in [5, 5.41) is 17.4. The van der Waals surface area contributed by atoms with Crippen LogP contribution in [0.4, 0.5) is 0 Å². The summed E-state index contributed by atoms with van der Waals surface area (Å²) in [6.45, 7) is 27.6. The van der Waals surface area contributed by atoms with Crippen molar-refractivity contribution in [2.75, 3.05) is 37.8 Å². The van der Waals surface area contributed by atoms with Crippen molar-refractivity contribution in [2.24, 2.45) is 23.3 Å². The highest BCUT2D eigenvalue weighted by molar-refractivity contribution is 7.99. The number of rotatable bonds is 45. The predicted molar refractivity (Wildman–Crippen MR) is 316 cm³/mol. The molecule has 0 aromatic heterocycles. The number of esters is 2. The summed E-state index contributed by atoms with van der Waals surface area (Å²) in [7, 11) is 0. The number of thioether (sulfide) groups is 1. The van der Waals surface area contributed by atoms with Crippen LogP contribution in [0.25, 0.3) is 0 Å². The van der Waals surface area contributed by atoms with Gasteiger partial charge in [0.1, 0.15) is 18.8 Å². The van der Waals surface area contributed by atoms with Crippen LogP contribution in [0.2, 0.25) is 0 Å². The Morgan fingerprint density at radius 2 is 0.932 bits per heavy atom. The fourth-order valence-corrected chi connectivity index (χ4v) is 8.22. The van der Waals surface area contributed by atoms with Gasteiger partial charge in [-0.3, -0.25) is 28.8 Å². The van der Waals surface area contributed by atoms with E-state index in [0.29, 0.717) is 25.7 Å². The molecule has 0 aliphatic rings. The summed E-state index contributed by atoms with van der Waals surface area (Å²) in [5.74, 6) is -2.96. The number of aliphatic hydroxyl groups is 1. The second kappa shape index (κ2) is 68.1. The van der Waals surface area contributed by atoms with Crippen molar-refractivity contribution < 1.29 is 43.3 Å². The van der Waals surface area contributed by atoms with Gasteiger partial charge < -0.3 is 42.0 Å². The third-order valence-electron chi connectivity index (χ3n) is 11.6. The molecule has 0 radical (unpaired) electrons. The first kappa shape index (κ1) is 82.4. The number of carbonyl (C=O) groups is 6. The van der Waals surface area contributed by atoms with E-state index in [1.165, 1.54) is 121 Å². The molecule has 4 amide bonds. The quantitative estimate of drug-likeness (QED) is 0.0248. The zero-order valence-electron chi connectivity index (χ0n) is 50.7. The van der Waals surface area contributed by atoms with Crippen molar-refractivity contribution in [1.29, 1.82) is 0 Å². The van der Waals surface area contributed by atoms with E-state index in [4.69, 9.17) is 20.9 Å². The molecule has 0 aromatic rings. The van der Waals surface area contributed by atoms with E-state index in [-0.39, 0.29) is 67.3 Å². The van der Waals surface area contributed by atoms with E-state index in [0.717, 1.165) is 38.5 Å². The Hall–Kier alpha value is -2.91. The molecule has 14 nitrogen and oxygen atoms in total. The lowest BCUT2D eigenvalue weighted by Crippen LogP contribution is -2.54. The van der Waals surface area contributed by atoms with Crippen LogP contribution in [0.15, 0.2) is 0 Å². The zero-order chi connectivity index (χ0) is 57.6. The lowest BCUT2D eigenvalue weighted by Gasteiger charge is -2.22. The number of ether oxygens (including phenoxy) is 2. The predicted octanol–water partition coefficient (Wildman–Crippen LogP) is 13.1. The summed E-state index contributed by atoms with van der Waals surface area (Å²) < 4.78 is 11.6. The highest BCUT2D eigenvalue weighted by atomic mass is 32.2. The minimum absolute atomic E-state index is 0.0952. The van der Waals surface area contributed by atoms with E-state index in [1.54, 1.807) is 0 Å². The highest BCUT2D eigenvalue weighted by Gasteiger charge is 2.26. The highest BCUT2D eigenvalue weighted by Crippen LogP contribution is 2.19. The molecule has 0 saturated heterocycles. The van der Waals surface area contributed by atoms with Crippen LogP contribution in [0.1, 0.15) is 277 Å². The average Bonchev–Trinajstić information content (AvgIpc) is 3.42. The molecule has 0 saturated carbocycles. The van der Waals surface area contributed by atoms with E-state index in [1.807, 2.05) is 83.1 Å². The smallest absolute Gasteiger partial charge is 0.309 e. The molecule has 74 heavy (non-hydrogen) atoms. The molecule has 0 bridgehead atoms. The van der Waals surface area contributed by atoms with Crippen molar-refractivity contribution in [3.63, 3.8) is 0 Å². The van der Waals surface area contributed by atoms with Gasteiger partial charge in [-0.15, -0.1) is 0 Å². The van der Waals surface area contributed by atoms with Crippen LogP contribution >= 0.6 is 11.8 Å². The Morgan fingerprint density at radius 1 is 0.527 bits per heavy atom. The molecular weight excluding hydrogens is 955 g/mol. The van der Waals surface area contributed by atoms with Gasteiger partial charge in [0.05, 0.1) is 31.0 Å². The largest absolute Gasteiger partial charge is 0.461 e. The van der Waals surface area contributed by atoms with Gasteiger partial charge >= 0.3 is 11.9 Å². The fourth-order valence-electron chi connectivity index (χ4n) is 7.25. The Labute approximate surface area is 460 Å². The van der Waals surface area contributed by atoms with Crippen LogP contribution in [-0.2, 0) is 38.2 Å². The molecule has 0 heterocycles. The number of hydrogen-bond donors (Lipinski definition) is 6. The number of unbranched alkanes of at least 4 members (excludes halogenated alkanes) is 22. The Balaban J connectivity index is -0.00000108. The van der Waals surface area contributed by atoms with Crippen molar-refractivity contribution in [1.82, 2.24) is 16.0 Å². The van der Waals surface area contributed by atoms with E-state index >= 15 is 0 Å². The molecule has 0 aliphatic carbocycles. The number of aliphatic hydroxyl groups excluding tert-OH is 1. The third-order valence-corrected chi connectivity index (χ3v) is 12.8. The number of carbonyl (C=O) groups excluding carboxylic acids is 6. The van der Waals surface area contributed by atoms with Gasteiger partial charge in [-0.1, -0.05) is 245 Å². The lowest BCUT2D eigenvalue weighted by atomic mass is 10.0. The van der Waals surface area contributed by atoms with Gasteiger partial charge in [-0.2, -0.15) is 11.8 Å². The first-order valence-corrected chi connectivity index (χ1v) is 31.5. The fraction of sp³-hybridized carbons (Fsp3) is 0.898. The van der Waals surface area contributed by atoms with Gasteiger partial charge in [0.25, 0.3) is 0 Å². The lowest BCUT2D eigenvalue weighted by molar-refractivity contribution is -0.162. The van der Waals surface area contributed by atoms with Crippen LogP contribution in [-0.4, -0.2) is 96.7 Å². The van der Waals surface area contributed by atoms with Gasteiger partial charge in [-0.25, -0.2) is 0 Å². The molecule has 0 spiro atoms. The van der Waals surface area contributed by atoms with Crippen molar-refractivity contribution in [3.05, 3.63) is 0 Å². The molecule has 8 N–H and O–H groups in total. The van der Waals surface area contributed by atoms with Gasteiger partial charge in [0.15, 0.2) is 0 Å². The van der Waals surface area contributed by atoms with Gasteiger partial charge in [0, 0.05) is 24.5 Å². The summed E-state index contributed by atoms with van der Waals surface area (Å²) in [4.78, 5) is 74.3. The summed E-state index contributed by atoms with van der Waals surface area (Å²) >= 11 is 1.28. The molecule has 0 fully saturated rings. The van der Waals surface area contributed by atoms with E-state index < -0.39 is 42.5 Å². The summed E-state index contributed by atoms with van der Waals surface area (Å²) in [5.41, 5.74) is 11.2. The Morgan fingerprint density at radius 3 is 1.35 bits per heavy atom. The molecule has 0 rings (SSSR count). The zero-order valence-corrected chi connectivity index (χ0v) is 51.5. The number of nitrogens with one attached hydrogen (secondary N) is 3.